The first kappa shape index (κ1) is 12.4. The number of ether oxygens (including phenoxy) is 1. The Labute approximate surface area is 111 Å². The van der Waals surface area contributed by atoms with Gasteiger partial charge in [-0.2, -0.15) is 4.99 Å². The van der Waals surface area contributed by atoms with E-state index >= 15 is 0 Å². The van der Waals surface area contributed by atoms with Gasteiger partial charge in [-0.1, -0.05) is 12.1 Å². The fourth-order valence-corrected chi connectivity index (χ4v) is 3.46. The standard InChI is InChI=1S/C13H13NO4S/c15-9-14-13(5-6-13)10-1-3-11(4-2-10)18-12-7-19(16,17)8-12/h1-4,12H,5-8H2. The Morgan fingerprint density at radius 3 is 2.32 bits per heavy atom. The summed E-state index contributed by atoms with van der Waals surface area (Å²) in [6.45, 7) is 0. The molecule has 1 saturated heterocycles. The van der Waals surface area contributed by atoms with Gasteiger partial charge in [0.05, 0.1) is 17.0 Å². The van der Waals surface area contributed by atoms with Gasteiger partial charge in [-0.15, -0.1) is 0 Å². The van der Waals surface area contributed by atoms with E-state index in [4.69, 9.17) is 4.74 Å². The van der Waals surface area contributed by atoms with E-state index in [1.54, 1.807) is 18.2 Å². The summed E-state index contributed by atoms with van der Waals surface area (Å²) in [6, 6.07) is 7.33. The summed E-state index contributed by atoms with van der Waals surface area (Å²) < 4.78 is 27.6. The van der Waals surface area contributed by atoms with Gasteiger partial charge in [0, 0.05) is 0 Å². The van der Waals surface area contributed by atoms with Crippen LogP contribution in [-0.4, -0.2) is 32.1 Å². The second-order valence-electron chi connectivity index (χ2n) is 5.08. The molecule has 5 nitrogen and oxygen atoms in total. The summed E-state index contributed by atoms with van der Waals surface area (Å²) in [5.41, 5.74) is 0.601. The van der Waals surface area contributed by atoms with E-state index in [1.807, 2.05) is 12.1 Å². The first-order valence-electron chi connectivity index (χ1n) is 6.10. The van der Waals surface area contributed by atoms with E-state index in [1.165, 1.54) is 0 Å². The smallest absolute Gasteiger partial charge is 0.235 e. The lowest BCUT2D eigenvalue weighted by Gasteiger charge is -2.26. The zero-order valence-corrected chi connectivity index (χ0v) is 11.0. The molecule has 6 heteroatoms. The van der Waals surface area contributed by atoms with Crippen LogP contribution in [0.3, 0.4) is 0 Å². The number of hydrogen-bond acceptors (Lipinski definition) is 5. The number of aliphatic imine (C=N–C) groups is 1. The molecule has 3 rings (SSSR count). The molecule has 19 heavy (non-hydrogen) atoms. The van der Waals surface area contributed by atoms with Crippen molar-refractivity contribution in [3.05, 3.63) is 29.8 Å². The summed E-state index contributed by atoms with van der Waals surface area (Å²) >= 11 is 0. The number of nitrogens with zero attached hydrogens (tertiary/aromatic N) is 1. The summed E-state index contributed by atoms with van der Waals surface area (Å²) in [7, 11) is -2.86. The molecule has 0 unspecified atom stereocenters. The first-order valence-corrected chi connectivity index (χ1v) is 7.92. The zero-order chi connectivity index (χ0) is 13.5. The van der Waals surface area contributed by atoms with Crippen molar-refractivity contribution in [3.8, 4) is 5.75 Å². The third kappa shape index (κ3) is 2.41. The molecule has 0 spiro atoms. The fraction of sp³-hybridized carbons (Fsp3) is 0.462. The number of isocyanates is 1. The van der Waals surface area contributed by atoms with Gasteiger partial charge in [0.25, 0.3) is 0 Å². The summed E-state index contributed by atoms with van der Waals surface area (Å²) in [4.78, 5) is 14.2. The summed E-state index contributed by atoms with van der Waals surface area (Å²) in [6.07, 6.45) is 3.11. The minimum atomic E-state index is -2.86. The maximum atomic E-state index is 11.0. The van der Waals surface area contributed by atoms with Crippen molar-refractivity contribution in [2.75, 3.05) is 11.5 Å². The lowest BCUT2D eigenvalue weighted by atomic mass is 10.1. The Hall–Kier alpha value is -1.65. The molecule has 0 bridgehead atoms. The highest BCUT2D eigenvalue weighted by atomic mass is 32.2. The highest BCUT2D eigenvalue weighted by molar-refractivity contribution is 7.92. The topological polar surface area (TPSA) is 72.8 Å². The number of benzene rings is 1. The molecule has 0 N–H and O–H groups in total. The van der Waals surface area contributed by atoms with Gasteiger partial charge < -0.3 is 4.74 Å². The lowest BCUT2D eigenvalue weighted by molar-refractivity contribution is 0.230. The molecule has 2 fully saturated rings. The monoisotopic (exact) mass is 279 g/mol. The molecule has 0 radical (unpaired) electrons. The molecule has 1 aliphatic carbocycles. The Morgan fingerprint density at radius 1 is 1.21 bits per heavy atom. The Bertz CT molecular complexity index is 628. The number of rotatable bonds is 4. The van der Waals surface area contributed by atoms with Gasteiger partial charge in [0.1, 0.15) is 11.9 Å². The Morgan fingerprint density at radius 2 is 1.84 bits per heavy atom. The van der Waals surface area contributed by atoms with E-state index in [9.17, 15) is 13.2 Å². The van der Waals surface area contributed by atoms with Gasteiger partial charge in [-0.3, -0.25) is 0 Å². The first-order chi connectivity index (χ1) is 9.03. The van der Waals surface area contributed by atoms with Gasteiger partial charge in [0.15, 0.2) is 9.84 Å². The minimum absolute atomic E-state index is 0.0914. The van der Waals surface area contributed by atoms with Crippen molar-refractivity contribution >= 4 is 15.9 Å². The zero-order valence-electron chi connectivity index (χ0n) is 10.2. The van der Waals surface area contributed by atoms with Crippen LogP contribution in [-0.2, 0) is 20.2 Å². The molecule has 1 aliphatic heterocycles. The molecule has 1 heterocycles. The fourth-order valence-electron chi connectivity index (χ4n) is 2.29. The van der Waals surface area contributed by atoms with Gasteiger partial charge in [-0.05, 0) is 30.5 Å². The van der Waals surface area contributed by atoms with Crippen molar-refractivity contribution in [3.63, 3.8) is 0 Å². The molecule has 1 saturated carbocycles. The van der Waals surface area contributed by atoms with Crippen LogP contribution in [0, 0.1) is 0 Å². The van der Waals surface area contributed by atoms with Gasteiger partial charge >= 0.3 is 0 Å². The SMILES string of the molecule is O=C=NC1(c2ccc(OC3CS(=O)(=O)C3)cc2)CC1. The molecular formula is C13H13NO4S. The predicted octanol–water partition coefficient (Wildman–Crippen LogP) is 1.19. The third-order valence-corrected chi connectivity index (χ3v) is 5.32. The predicted molar refractivity (Wildman–Crippen MR) is 68.5 cm³/mol. The van der Waals surface area contributed by atoms with Crippen LogP contribution in [0.1, 0.15) is 18.4 Å². The van der Waals surface area contributed by atoms with E-state index in [0.29, 0.717) is 5.75 Å². The number of hydrogen-bond donors (Lipinski definition) is 0. The molecule has 0 atom stereocenters. The second-order valence-corrected chi connectivity index (χ2v) is 7.23. The highest BCUT2D eigenvalue weighted by Crippen LogP contribution is 2.49. The average Bonchev–Trinajstić information content (AvgIpc) is 3.09. The van der Waals surface area contributed by atoms with Crippen LogP contribution >= 0.6 is 0 Å². The summed E-state index contributed by atoms with van der Waals surface area (Å²) in [5.74, 6) is 0.831. The maximum absolute atomic E-state index is 11.0. The van der Waals surface area contributed by atoms with Crippen molar-refractivity contribution < 1.29 is 17.9 Å². The molecule has 0 aromatic heterocycles. The minimum Gasteiger partial charge on any atom is -0.488 e. The highest BCUT2D eigenvalue weighted by Gasteiger charge is 2.44. The van der Waals surface area contributed by atoms with Gasteiger partial charge in [0.2, 0.25) is 6.08 Å². The molecular weight excluding hydrogens is 266 g/mol. The largest absolute Gasteiger partial charge is 0.488 e. The van der Waals surface area contributed by atoms with Crippen LogP contribution in [0.25, 0.3) is 0 Å². The molecule has 100 valence electrons. The molecule has 2 aliphatic rings. The van der Waals surface area contributed by atoms with Crippen LogP contribution in [0.4, 0.5) is 0 Å². The van der Waals surface area contributed by atoms with Crippen LogP contribution in [0.5, 0.6) is 5.75 Å². The second kappa shape index (κ2) is 4.18. The van der Waals surface area contributed by atoms with Crippen molar-refractivity contribution in [2.24, 2.45) is 4.99 Å². The van der Waals surface area contributed by atoms with E-state index in [-0.39, 0.29) is 23.1 Å². The van der Waals surface area contributed by atoms with E-state index < -0.39 is 9.84 Å². The van der Waals surface area contributed by atoms with Crippen LogP contribution in [0.15, 0.2) is 29.3 Å². The van der Waals surface area contributed by atoms with E-state index in [2.05, 4.69) is 4.99 Å². The van der Waals surface area contributed by atoms with Gasteiger partial charge in [-0.25, -0.2) is 13.2 Å². The van der Waals surface area contributed by atoms with Crippen molar-refractivity contribution in [1.82, 2.24) is 0 Å². The Balaban J connectivity index is 1.68. The maximum Gasteiger partial charge on any atom is 0.235 e. The lowest BCUT2D eigenvalue weighted by Crippen LogP contribution is -2.45. The average molecular weight is 279 g/mol. The molecule has 0 amide bonds. The molecule has 1 aromatic rings. The number of carbonyl (C=O) groups excluding carboxylic acids is 1. The van der Waals surface area contributed by atoms with Crippen molar-refractivity contribution in [1.29, 1.82) is 0 Å². The number of sulfone groups is 1. The molecule has 1 aromatic carbocycles. The quantitative estimate of drug-likeness (QED) is 0.613. The Kier molecular flexibility index (Phi) is 2.73. The van der Waals surface area contributed by atoms with Crippen LogP contribution in [0.2, 0.25) is 0 Å². The van der Waals surface area contributed by atoms with E-state index in [0.717, 1.165) is 18.4 Å². The summed E-state index contributed by atoms with van der Waals surface area (Å²) in [5, 5.41) is 0. The van der Waals surface area contributed by atoms with Crippen molar-refractivity contribution in [2.45, 2.75) is 24.5 Å². The van der Waals surface area contributed by atoms with Crippen LogP contribution < -0.4 is 4.74 Å². The third-order valence-electron chi connectivity index (χ3n) is 3.56. The normalized spacial score (nSPS) is 22.9.